The highest BCUT2D eigenvalue weighted by molar-refractivity contribution is 5.85. The first-order valence-corrected chi connectivity index (χ1v) is 10.7. The van der Waals surface area contributed by atoms with E-state index in [9.17, 15) is 8.78 Å². The van der Waals surface area contributed by atoms with Gasteiger partial charge in [0.05, 0.1) is 39.0 Å². The Balaban J connectivity index is 1.30. The van der Waals surface area contributed by atoms with Gasteiger partial charge in [-0.1, -0.05) is 0 Å². The van der Waals surface area contributed by atoms with Gasteiger partial charge in [0.25, 0.3) is 5.92 Å². The number of pyridine rings is 1. The van der Waals surface area contributed by atoms with Gasteiger partial charge in [0.1, 0.15) is 11.8 Å². The Kier molecular flexibility index (Phi) is 4.66. The molecule has 0 unspecified atom stereocenters. The molecule has 0 saturated carbocycles. The Morgan fingerprint density at radius 3 is 2.82 bits per heavy atom. The summed E-state index contributed by atoms with van der Waals surface area (Å²) in [5.41, 5.74) is 3.07. The van der Waals surface area contributed by atoms with Gasteiger partial charge in [-0.2, -0.15) is 10.1 Å². The smallest absolute Gasteiger partial charge is 0.280 e. The summed E-state index contributed by atoms with van der Waals surface area (Å²) in [6, 6.07) is 4.70. The molecule has 0 aromatic carbocycles. The summed E-state index contributed by atoms with van der Waals surface area (Å²) in [6.45, 7) is 1.30. The fourth-order valence-electron chi connectivity index (χ4n) is 4.46. The minimum absolute atomic E-state index is 0.0831. The third-order valence-electron chi connectivity index (χ3n) is 6.33. The van der Waals surface area contributed by atoms with E-state index in [4.69, 9.17) is 9.47 Å². The number of fused-ring (bicyclic) bond motifs is 2. The van der Waals surface area contributed by atoms with Crippen molar-refractivity contribution >= 4 is 17.1 Å². The van der Waals surface area contributed by atoms with E-state index >= 15 is 0 Å². The molecule has 6 rings (SSSR count). The van der Waals surface area contributed by atoms with Gasteiger partial charge < -0.3 is 14.8 Å². The zero-order chi connectivity index (χ0) is 22.6. The van der Waals surface area contributed by atoms with Gasteiger partial charge in [-0.05, 0) is 30.2 Å². The molecular weight excluding hydrogens is 434 g/mol. The monoisotopic (exact) mass is 456 g/mol. The second kappa shape index (κ2) is 7.59. The number of ether oxygens (including phenoxy) is 2. The molecule has 1 atom stereocenters. The summed E-state index contributed by atoms with van der Waals surface area (Å²) in [6.07, 6.45) is 5.33. The van der Waals surface area contributed by atoms with Gasteiger partial charge in [-0.25, -0.2) is 22.8 Å². The first kappa shape index (κ1) is 20.2. The molecule has 12 heteroatoms. The molecule has 2 aliphatic rings. The highest BCUT2D eigenvalue weighted by atomic mass is 19.3. The van der Waals surface area contributed by atoms with E-state index in [2.05, 4.69) is 25.5 Å². The van der Waals surface area contributed by atoms with Crippen LogP contribution in [0.4, 0.5) is 14.7 Å². The van der Waals surface area contributed by atoms with Crippen LogP contribution in [0.5, 0.6) is 5.88 Å². The topological polar surface area (TPSA) is 94.1 Å². The van der Waals surface area contributed by atoms with E-state index in [0.29, 0.717) is 36.8 Å². The summed E-state index contributed by atoms with van der Waals surface area (Å²) in [7, 11) is 1.50. The van der Waals surface area contributed by atoms with Gasteiger partial charge in [-0.15, -0.1) is 5.10 Å². The van der Waals surface area contributed by atoms with Crippen LogP contribution in [0, 0.1) is 0 Å². The van der Waals surface area contributed by atoms with Crippen LogP contribution in [0.3, 0.4) is 0 Å². The molecule has 4 aromatic rings. The van der Waals surface area contributed by atoms with Crippen molar-refractivity contribution in [2.75, 3.05) is 38.7 Å². The lowest BCUT2D eigenvalue weighted by atomic mass is 9.98. The molecule has 1 N–H and O–H groups in total. The molecule has 10 nitrogen and oxygen atoms in total. The van der Waals surface area contributed by atoms with Crippen LogP contribution in [0.25, 0.3) is 22.3 Å². The van der Waals surface area contributed by atoms with Crippen LogP contribution in [0.1, 0.15) is 6.42 Å². The second-order valence-electron chi connectivity index (χ2n) is 8.35. The number of nitrogens with zero attached hydrogens (tertiary/aromatic N) is 7. The SMILES string of the molecule is COc1nc(N[C@H]2CCN(C3COC3)CC2(F)F)nn2ccc(-c3ccn4ncnc4c3)c12. The van der Waals surface area contributed by atoms with E-state index < -0.39 is 12.0 Å². The van der Waals surface area contributed by atoms with Crippen LogP contribution < -0.4 is 10.1 Å². The lowest BCUT2D eigenvalue weighted by Crippen LogP contribution is -2.61. The Morgan fingerprint density at radius 1 is 1.21 bits per heavy atom. The van der Waals surface area contributed by atoms with Gasteiger partial charge >= 0.3 is 0 Å². The van der Waals surface area contributed by atoms with Crippen LogP contribution in [-0.4, -0.2) is 85.5 Å². The van der Waals surface area contributed by atoms with Crippen molar-refractivity contribution in [3.8, 4) is 17.0 Å². The summed E-state index contributed by atoms with van der Waals surface area (Å²) in [4.78, 5) is 10.4. The van der Waals surface area contributed by atoms with Gasteiger partial charge in [0.15, 0.2) is 5.65 Å². The highest BCUT2D eigenvalue weighted by Crippen LogP contribution is 2.34. The first-order chi connectivity index (χ1) is 16.0. The number of rotatable bonds is 5. The summed E-state index contributed by atoms with van der Waals surface area (Å²) >= 11 is 0. The number of methoxy groups -OCH3 is 1. The molecule has 2 fully saturated rings. The Labute approximate surface area is 187 Å². The summed E-state index contributed by atoms with van der Waals surface area (Å²) < 4.78 is 43.7. The van der Waals surface area contributed by atoms with Crippen molar-refractivity contribution in [2.45, 2.75) is 24.4 Å². The third kappa shape index (κ3) is 3.45. The molecule has 6 heterocycles. The minimum Gasteiger partial charge on any atom is -0.479 e. The van der Waals surface area contributed by atoms with E-state index in [-0.39, 0.29) is 25.0 Å². The Morgan fingerprint density at radius 2 is 2.06 bits per heavy atom. The second-order valence-corrected chi connectivity index (χ2v) is 8.35. The standard InChI is InChI=1S/C21H22F2N8O2/c1-32-19-18-15(13-2-6-30-17(8-13)24-12-25-30)3-7-31(18)28-20(27-19)26-16-4-5-29(11-21(16,22)23)14-9-33-10-14/h2-3,6-8,12,14,16H,4-5,9-11H2,1H3,(H,26,28)/t16-/m0/s1. The predicted octanol–water partition coefficient (Wildman–Crippen LogP) is 1.97. The molecule has 2 aliphatic heterocycles. The maximum atomic E-state index is 14.9. The number of nitrogens with one attached hydrogen (secondary N) is 1. The fraction of sp³-hybridized carbons (Fsp3) is 0.429. The Bertz CT molecular complexity index is 1320. The Hall–Kier alpha value is -3.38. The third-order valence-corrected chi connectivity index (χ3v) is 6.33. The molecule has 172 valence electrons. The van der Waals surface area contributed by atoms with Crippen molar-refractivity contribution in [1.82, 2.24) is 34.1 Å². The molecule has 0 aliphatic carbocycles. The molecular formula is C21H22F2N8O2. The van der Waals surface area contributed by atoms with Crippen LogP contribution >= 0.6 is 0 Å². The normalized spacial score (nSPS) is 21.4. The van der Waals surface area contributed by atoms with Crippen LogP contribution in [0.15, 0.2) is 36.9 Å². The van der Waals surface area contributed by atoms with Crippen LogP contribution in [-0.2, 0) is 4.74 Å². The number of piperidine rings is 1. The number of hydrogen-bond donors (Lipinski definition) is 1. The molecule has 33 heavy (non-hydrogen) atoms. The van der Waals surface area contributed by atoms with Crippen molar-refractivity contribution in [3.05, 3.63) is 36.9 Å². The minimum atomic E-state index is -2.92. The predicted molar refractivity (Wildman–Crippen MR) is 115 cm³/mol. The van der Waals surface area contributed by atoms with Crippen molar-refractivity contribution in [3.63, 3.8) is 0 Å². The van der Waals surface area contributed by atoms with E-state index in [1.807, 2.05) is 24.4 Å². The lowest BCUT2D eigenvalue weighted by molar-refractivity contribution is -0.131. The average Bonchev–Trinajstić information content (AvgIpc) is 3.39. The lowest BCUT2D eigenvalue weighted by Gasteiger charge is -2.44. The zero-order valence-corrected chi connectivity index (χ0v) is 17.9. The quantitative estimate of drug-likeness (QED) is 0.487. The van der Waals surface area contributed by atoms with Crippen molar-refractivity contribution in [2.24, 2.45) is 0 Å². The number of hydrogen-bond acceptors (Lipinski definition) is 8. The van der Waals surface area contributed by atoms with Gasteiger partial charge in [-0.3, -0.25) is 4.90 Å². The molecule has 2 saturated heterocycles. The van der Waals surface area contributed by atoms with E-state index in [1.165, 1.54) is 13.4 Å². The largest absolute Gasteiger partial charge is 0.479 e. The number of aromatic nitrogens is 6. The van der Waals surface area contributed by atoms with Crippen molar-refractivity contribution < 1.29 is 18.3 Å². The van der Waals surface area contributed by atoms with Crippen LogP contribution in [0.2, 0.25) is 0 Å². The highest BCUT2D eigenvalue weighted by Gasteiger charge is 2.47. The van der Waals surface area contributed by atoms with Crippen molar-refractivity contribution in [1.29, 1.82) is 0 Å². The average molecular weight is 456 g/mol. The number of halogens is 2. The van der Waals surface area contributed by atoms with Gasteiger partial charge in [0.2, 0.25) is 11.8 Å². The molecule has 0 radical (unpaired) electrons. The molecule has 0 amide bonds. The number of alkyl halides is 2. The van der Waals surface area contributed by atoms with Gasteiger partial charge in [0, 0.05) is 24.5 Å². The molecule has 0 bridgehead atoms. The molecule has 0 spiro atoms. The molecule has 4 aromatic heterocycles. The maximum Gasteiger partial charge on any atom is 0.280 e. The first-order valence-electron chi connectivity index (χ1n) is 10.7. The van der Waals surface area contributed by atoms with E-state index in [0.717, 1.165) is 11.1 Å². The summed E-state index contributed by atoms with van der Waals surface area (Å²) in [5, 5.41) is 11.4. The van der Waals surface area contributed by atoms with E-state index in [1.54, 1.807) is 20.1 Å². The number of likely N-dealkylation sites (tertiary alicyclic amines) is 1. The number of anilines is 1. The zero-order valence-electron chi connectivity index (χ0n) is 17.9. The summed E-state index contributed by atoms with van der Waals surface area (Å²) in [5.74, 6) is -2.53. The maximum absolute atomic E-state index is 14.9. The fourth-order valence-corrected chi connectivity index (χ4v) is 4.46.